The Kier molecular flexibility index (Phi) is 4.50. The summed E-state index contributed by atoms with van der Waals surface area (Å²) in [5.74, 6) is 10.6. The van der Waals surface area contributed by atoms with Gasteiger partial charge in [-0.15, -0.1) is 0 Å². The van der Waals surface area contributed by atoms with Crippen molar-refractivity contribution < 1.29 is 4.74 Å². The summed E-state index contributed by atoms with van der Waals surface area (Å²) in [6, 6.07) is 17.3. The van der Waals surface area contributed by atoms with E-state index in [1.54, 1.807) is 12.7 Å². The minimum Gasteiger partial charge on any atom is -0.497 e. The SMILES string of the molecule is COc1ccc2c(c1)CC[C@@H]1[C@@H]2CC[C@@]2(C)[C@H]1CC[C@@]2(C)C#Cc1ccccc1. The third-order valence-electron chi connectivity index (χ3n) is 8.80. The van der Waals surface area contributed by atoms with E-state index < -0.39 is 0 Å². The lowest BCUT2D eigenvalue weighted by atomic mass is 9.51. The Bertz CT molecular complexity index is 965. The van der Waals surface area contributed by atoms with Gasteiger partial charge in [0.2, 0.25) is 0 Å². The molecule has 5 atom stereocenters. The van der Waals surface area contributed by atoms with Crippen molar-refractivity contribution in [3.63, 3.8) is 0 Å². The summed E-state index contributed by atoms with van der Waals surface area (Å²) in [7, 11) is 1.77. The first-order valence-electron chi connectivity index (χ1n) is 11.3. The first-order valence-corrected chi connectivity index (χ1v) is 11.3. The number of methoxy groups -OCH3 is 1. The molecule has 0 amide bonds. The van der Waals surface area contributed by atoms with Gasteiger partial charge >= 0.3 is 0 Å². The topological polar surface area (TPSA) is 9.23 Å². The van der Waals surface area contributed by atoms with Gasteiger partial charge in [0.05, 0.1) is 7.11 Å². The van der Waals surface area contributed by atoms with E-state index in [2.05, 4.69) is 74.2 Å². The van der Waals surface area contributed by atoms with E-state index in [0.29, 0.717) is 5.41 Å². The van der Waals surface area contributed by atoms with E-state index in [0.717, 1.165) is 29.1 Å². The molecule has 0 aliphatic heterocycles. The molecule has 0 N–H and O–H groups in total. The molecule has 150 valence electrons. The molecule has 0 spiro atoms. The third-order valence-corrected chi connectivity index (χ3v) is 8.80. The van der Waals surface area contributed by atoms with E-state index in [1.807, 2.05) is 0 Å². The van der Waals surface area contributed by atoms with Gasteiger partial charge in [0.1, 0.15) is 5.75 Å². The molecule has 3 aliphatic rings. The van der Waals surface area contributed by atoms with Gasteiger partial charge in [-0.1, -0.05) is 43.0 Å². The van der Waals surface area contributed by atoms with Crippen LogP contribution in [0.2, 0.25) is 0 Å². The van der Waals surface area contributed by atoms with E-state index in [9.17, 15) is 0 Å². The molecule has 5 rings (SSSR count). The average molecular weight is 385 g/mol. The summed E-state index contributed by atoms with van der Waals surface area (Å²) >= 11 is 0. The molecule has 0 radical (unpaired) electrons. The van der Waals surface area contributed by atoms with Crippen LogP contribution in [0, 0.1) is 34.5 Å². The second kappa shape index (κ2) is 6.94. The van der Waals surface area contributed by atoms with Crippen molar-refractivity contribution in [1.82, 2.24) is 0 Å². The van der Waals surface area contributed by atoms with Crippen molar-refractivity contribution in [2.75, 3.05) is 7.11 Å². The lowest BCUT2D eigenvalue weighted by molar-refractivity contribution is 0.00883. The predicted octanol–water partition coefficient (Wildman–Crippen LogP) is 6.61. The number of fused-ring (bicyclic) bond motifs is 5. The Balaban J connectivity index is 1.44. The van der Waals surface area contributed by atoms with Gasteiger partial charge in [0.15, 0.2) is 0 Å². The molecule has 0 bridgehead atoms. The van der Waals surface area contributed by atoms with Gasteiger partial charge in [-0.05, 0) is 104 Å². The monoisotopic (exact) mass is 384 g/mol. The highest BCUT2D eigenvalue weighted by Gasteiger charge is 2.59. The third kappa shape index (κ3) is 2.92. The van der Waals surface area contributed by atoms with Crippen LogP contribution in [0.3, 0.4) is 0 Å². The molecular formula is C28H32O. The van der Waals surface area contributed by atoms with E-state index in [1.165, 1.54) is 44.1 Å². The van der Waals surface area contributed by atoms with Crippen molar-refractivity contribution in [3.05, 3.63) is 65.2 Å². The maximum absolute atomic E-state index is 5.48. The molecule has 2 fully saturated rings. The second-order valence-electron chi connectivity index (χ2n) is 9.92. The molecular weight excluding hydrogens is 352 g/mol. The average Bonchev–Trinajstić information content (AvgIpc) is 3.03. The summed E-state index contributed by atoms with van der Waals surface area (Å²) in [4.78, 5) is 0. The van der Waals surface area contributed by atoms with Crippen molar-refractivity contribution in [3.8, 4) is 17.6 Å². The van der Waals surface area contributed by atoms with Gasteiger partial charge in [0, 0.05) is 11.0 Å². The molecule has 2 saturated carbocycles. The Morgan fingerprint density at radius 2 is 1.79 bits per heavy atom. The molecule has 1 heteroatoms. The Morgan fingerprint density at radius 3 is 2.59 bits per heavy atom. The number of benzene rings is 2. The molecule has 0 saturated heterocycles. The van der Waals surface area contributed by atoms with E-state index >= 15 is 0 Å². The van der Waals surface area contributed by atoms with Crippen LogP contribution in [0.4, 0.5) is 0 Å². The maximum Gasteiger partial charge on any atom is 0.119 e. The summed E-state index contributed by atoms with van der Waals surface area (Å²) in [5.41, 5.74) is 4.74. The highest BCUT2D eigenvalue weighted by atomic mass is 16.5. The van der Waals surface area contributed by atoms with Crippen molar-refractivity contribution in [1.29, 1.82) is 0 Å². The van der Waals surface area contributed by atoms with Gasteiger partial charge in [-0.3, -0.25) is 0 Å². The lowest BCUT2D eigenvalue weighted by Crippen LogP contribution is -2.45. The first-order chi connectivity index (χ1) is 14.0. The van der Waals surface area contributed by atoms with Crippen LogP contribution < -0.4 is 4.74 Å². The first kappa shape index (κ1) is 18.8. The minimum atomic E-state index is 0.124. The highest BCUT2D eigenvalue weighted by molar-refractivity contribution is 5.42. The fraction of sp³-hybridized carbons (Fsp3) is 0.500. The molecule has 2 aromatic carbocycles. The fourth-order valence-corrected chi connectivity index (χ4v) is 6.89. The summed E-state index contributed by atoms with van der Waals surface area (Å²) < 4.78 is 5.48. The van der Waals surface area contributed by atoms with Gasteiger partial charge in [0.25, 0.3) is 0 Å². The van der Waals surface area contributed by atoms with Crippen molar-refractivity contribution in [2.24, 2.45) is 22.7 Å². The zero-order valence-corrected chi connectivity index (χ0v) is 18.0. The summed E-state index contributed by atoms with van der Waals surface area (Å²) in [6.45, 7) is 5.01. The molecule has 3 aliphatic carbocycles. The van der Waals surface area contributed by atoms with Gasteiger partial charge in [-0.2, -0.15) is 0 Å². The fourth-order valence-electron chi connectivity index (χ4n) is 6.89. The lowest BCUT2D eigenvalue weighted by Gasteiger charge is -2.53. The Hall–Kier alpha value is -2.20. The normalized spacial score (nSPS) is 34.9. The highest BCUT2D eigenvalue weighted by Crippen LogP contribution is 2.67. The molecule has 0 aromatic heterocycles. The maximum atomic E-state index is 5.48. The number of ether oxygens (including phenoxy) is 1. The zero-order chi connectivity index (χ0) is 20.1. The summed E-state index contributed by atoms with van der Waals surface area (Å²) in [6.07, 6.45) is 7.71. The summed E-state index contributed by atoms with van der Waals surface area (Å²) in [5, 5.41) is 0. The van der Waals surface area contributed by atoms with Crippen LogP contribution in [-0.2, 0) is 6.42 Å². The van der Waals surface area contributed by atoms with Crippen LogP contribution in [0.5, 0.6) is 5.75 Å². The van der Waals surface area contributed by atoms with Crippen LogP contribution in [-0.4, -0.2) is 7.11 Å². The largest absolute Gasteiger partial charge is 0.497 e. The van der Waals surface area contributed by atoms with Crippen LogP contribution in [0.25, 0.3) is 0 Å². The molecule has 1 nitrogen and oxygen atoms in total. The van der Waals surface area contributed by atoms with Crippen LogP contribution >= 0.6 is 0 Å². The van der Waals surface area contributed by atoms with E-state index in [-0.39, 0.29) is 5.41 Å². The quantitative estimate of drug-likeness (QED) is 0.503. The predicted molar refractivity (Wildman–Crippen MR) is 119 cm³/mol. The van der Waals surface area contributed by atoms with Crippen molar-refractivity contribution >= 4 is 0 Å². The Morgan fingerprint density at radius 1 is 0.966 bits per heavy atom. The second-order valence-corrected chi connectivity index (χ2v) is 9.92. The molecule has 2 aromatic rings. The smallest absolute Gasteiger partial charge is 0.119 e. The zero-order valence-electron chi connectivity index (χ0n) is 18.0. The number of hydrogen-bond acceptors (Lipinski definition) is 1. The number of hydrogen-bond donors (Lipinski definition) is 0. The molecule has 0 heterocycles. The van der Waals surface area contributed by atoms with E-state index in [4.69, 9.17) is 4.74 Å². The number of rotatable bonds is 1. The van der Waals surface area contributed by atoms with Crippen LogP contribution in [0.1, 0.15) is 68.6 Å². The number of aryl methyl sites for hydroxylation is 1. The van der Waals surface area contributed by atoms with Crippen LogP contribution in [0.15, 0.2) is 48.5 Å². The molecule has 0 unspecified atom stereocenters. The minimum absolute atomic E-state index is 0.124. The standard InChI is InChI=1S/C28H32O/c1-27(16-13-20-7-5-4-6-8-20)17-15-26-25-11-9-21-19-22(29-3)10-12-23(21)24(25)14-18-28(26,27)2/h4-8,10,12,19,24-26H,9,11,14-15,17-18H2,1-3H3/t24-,25-,26+,27-,28+/m1/s1. The van der Waals surface area contributed by atoms with Crippen molar-refractivity contribution in [2.45, 2.75) is 58.3 Å². The Labute approximate surface area is 175 Å². The van der Waals surface area contributed by atoms with Gasteiger partial charge < -0.3 is 4.74 Å². The molecule has 29 heavy (non-hydrogen) atoms. The van der Waals surface area contributed by atoms with Gasteiger partial charge in [-0.25, -0.2) is 0 Å².